The number of unbranched alkanes of at least 4 members (excludes halogenated alkanes) is 2. The van der Waals surface area contributed by atoms with E-state index in [1.807, 2.05) is 33.8 Å². The maximum atomic E-state index is 13.9. The molecule has 6 nitrogen and oxygen atoms in total. The van der Waals surface area contributed by atoms with Gasteiger partial charge in [-0.05, 0) is 36.0 Å². The lowest BCUT2D eigenvalue weighted by Gasteiger charge is -2.34. The highest BCUT2D eigenvalue weighted by Crippen LogP contribution is 2.49. The van der Waals surface area contributed by atoms with Crippen molar-refractivity contribution in [2.24, 2.45) is 0 Å². The Morgan fingerprint density at radius 3 is 2.38 bits per heavy atom. The van der Waals surface area contributed by atoms with Gasteiger partial charge in [0.25, 0.3) is 0 Å². The number of hydrogen-bond donors (Lipinski definition) is 2. The first-order valence-electron chi connectivity index (χ1n) is 12.2. The molecule has 0 spiro atoms. The number of Topliss-reactive ketones (excluding diaryl/α,β-unsaturated/α-hetero) is 1. The maximum Gasteiger partial charge on any atom is 0.311 e. The van der Waals surface area contributed by atoms with Crippen molar-refractivity contribution in [1.82, 2.24) is 5.32 Å². The lowest BCUT2D eigenvalue weighted by molar-refractivity contribution is -0.134. The number of aliphatic hydroxyl groups is 1. The fourth-order valence-corrected chi connectivity index (χ4v) is 4.40. The summed E-state index contributed by atoms with van der Waals surface area (Å²) < 4.78 is 5.78. The van der Waals surface area contributed by atoms with Crippen LogP contribution in [-0.4, -0.2) is 22.8 Å². The van der Waals surface area contributed by atoms with Gasteiger partial charge in [0.05, 0.1) is 0 Å². The Morgan fingerprint density at radius 1 is 1.06 bits per heavy atom. The molecule has 0 fully saturated rings. The number of amides is 1. The summed E-state index contributed by atoms with van der Waals surface area (Å²) in [5, 5.41) is 14.4. The van der Waals surface area contributed by atoms with Crippen molar-refractivity contribution >= 4 is 17.7 Å². The third-order valence-electron chi connectivity index (χ3n) is 6.42. The minimum Gasteiger partial charge on any atom is -0.426 e. The van der Waals surface area contributed by atoms with Crippen LogP contribution in [0.1, 0.15) is 105 Å². The van der Waals surface area contributed by atoms with Crippen LogP contribution < -0.4 is 10.1 Å². The number of carbonyl (C=O) groups is 3. The molecule has 2 N–H and O–H groups in total. The molecule has 0 bridgehead atoms. The zero-order valence-corrected chi connectivity index (χ0v) is 20.5. The predicted molar refractivity (Wildman–Crippen MR) is 131 cm³/mol. The quantitative estimate of drug-likeness (QED) is 0.365. The van der Waals surface area contributed by atoms with E-state index < -0.39 is 23.4 Å². The molecule has 3 rings (SSSR count). The van der Waals surface area contributed by atoms with E-state index in [-0.39, 0.29) is 30.4 Å². The van der Waals surface area contributed by atoms with Crippen molar-refractivity contribution in [2.75, 3.05) is 0 Å². The molecular weight excluding hydrogens is 430 g/mol. The summed E-state index contributed by atoms with van der Waals surface area (Å²) in [6, 6.07) is 12.1. The van der Waals surface area contributed by atoms with Gasteiger partial charge in [-0.15, -0.1) is 0 Å². The molecule has 0 radical (unpaired) electrons. The fraction of sp³-hybridized carbons (Fsp3) is 0.464. The Labute approximate surface area is 201 Å². The van der Waals surface area contributed by atoms with Crippen LogP contribution in [0.3, 0.4) is 0 Å². The van der Waals surface area contributed by atoms with Gasteiger partial charge in [0.1, 0.15) is 11.9 Å². The van der Waals surface area contributed by atoms with Gasteiger partial charge in [-0.2, -0.15) is 0 Å². The average molecular weight is 466 g/mol. The van der Waals surface area contributed by atoms with Gasteiger partial charge in [0, 0.05) is 24.0 Å². The topological polar surface area (TPSA) is 92.7 Å². The third kappa shape index (κ3) is 4.92. The second-order valence-electron chi connectivity index (χ2n) is 9.27. The van der Waals surface area contributed by atoms with Crippen LogP contribution in [0, 0.1) is 0 Å². The molecule has 2 aromatic carbocycles. The number of benzene rings is 2. The molecule has 34 heavy (non-hydrogen) atoms. The van der Waals surface area contributed by atoms with Crippen molar-refractivity contribution in [2.45, 2.75) is 83.8 Å². The summed E-state index contributed by atoms with van der Waals surface area (Å²) >= 11 is 0. The third-order valence-corrected chi connectivity index (χ3v) is 6.42. The number of ketones is 1. The number of aliphatic hydroxyl groups excluding tert-OH is 1. The van der Waals surface area contributed by atoms with Crippen LogP contribution >= 0.6 is 0 Å². The van der Waals surface area contributed by atoms with Crippen LogP contribution in [0.2, 0.25) is 0 Å². The number of carbonyl (C=O) groups excluding carboxylic acids is 3. The molecule has 0 saturated carbocycles. The number of fused-ring (bicyclic) bond motifs is 1. The molecule has 0 aromatic heterocycles. The van der Waals surface area contributed by atoms with Gasteiger partial charge in [0.15, 0.2) is 11.3 Å². The summed E-state index contributed by atoms with van der Waals surface area (Å²) in [5.74, 6) is -0.808. The van der Waals surface area contributed by atoms with E-state index in [9.17, 15) is 19.5 Å². The Balaban J connectivity index is 2.17. The van der Waals surface area contributed by atoms with Crippen LogP contribution in [0.4, 0.5) is 0 Å². The van der Waals surface area contributed by atoms with Crippen molar-refractivity contribution in [3.8, 4) is 5.75 Å². The molecule has 1 aliphatic rings. The zero-order chi connectivity index (χ0) is 24.9. The van der Waals surface area contributed by atoms with Gasteiger partial charge in [-0.25, -0.2) is 0 Å². The normalized spacial score (nSPS) is 19.2. The highest BCUT2D eigenvalue weighted by atomic mass is 16.5. The Hall–Kier alpha value is -2.99. The Bertz CT molecular complexity index is 1060. The van der Waals surface area contributed by atoms with E-state index in [0.717, 1.165) is 18.4 Å². The predicted octanol–water partition coefficient (Wildman–Crippen LogP) is 5.34. The van der Waals surface area contributed by atoms with E-state index in [1.165, 1.54) is 0 Å². The summed E-state index contributed by atoms with van der Waals surface area (Å²) in [6.07, 6.45) is 2.16. The number of hydrogen-bond acceptors (Lipinski definition) is 5. The first kappa shape index (κ1) is 25.6. The van der Waals surface area contributed by atoms with Crippen LogP contribution in [0.25, 0.3) is 0 Å². The molecule has 1 aliphatic carbocycles. The van der Waals surface area contributed by atoms with Crippen LogP contribution in [0.5, 0.6) is 5.75 Å². The van der Waals surface area contributed by atoms with Gasteiger partial charge in [-0.1, -0.05) is 76.9 Å². The smallest absolute Gasteiger partial charge is 0.311 e. The molecule has 2 aromatic rings. The first-order valence-corrected chi connectivity index (χ1v) is 12.2. The standard InChI is InChI=1S/C28H35NO5/c1-5-7-13-24(30)29-28(26(32)20-11-9-10-12-21(20)27(28)33)22-16-15-19(18(3)4)17-23(22)34-25(31)14-8-6-2/h9-12,15-18,26,32H,5-8,13-14H2,1-4H3,(H,29,30). The number of nitrogens with one attached hydrogen (secondary N) is 1. The number of rotatable bonds is 10. The van der Waals surface area contributed by atoms with Crippen LogP contribution in [0.15, 0.2) is 42.5 Å². The van der Waals surface area contributed by atoms with Gasteiger partial charge < -0.3 is 15.2 Å². The highest BCUT2D eigenvalue weighted by molar-refractivity contribution is 6.11. The van der Waals surface area contributed by atoms with Crippen molar-refractivity contribution in [3.63, 3.8) is 0 Å². The fourth-order valence-electron chi connectivity index (χ4n) is 4.40. The van der Waals surface area contributed by atoms with Crippen molar-refractivity contribution in [1.29, 1.82) is 0 Å². The summed E-state index contributed by atoms with van der Waals surface area (Å²) in [4.78, 5) is 39.4. The summed E-state index contributed by atoms with van der Waals surface area (Å²) in [7, 11) is 0. The lowest BCUT2D eigenvalue weighted by Crippen LogP contribution is -2.53. The molecule has 6 heteroatoms. The molecule has 0 heterocycles. The second kappa shape index (κ2) is 11.0. The Kier molecular flexibility index (Phi) is 8.26. The number of ether oxygens (including phenoxy) is 1. The van der Waals surface area contributed by atoms with E-state index >= 15 is 0 Å². The summed E-state index contributed by atoms with van der Waals surface area (Å²) in [6.45, 7) is 8.01. The first-order chi connectivity index (χ1) is 16.3. The summed E-state index contributed by atoms with van der Waals surface area (Å²) in [5.41, 5.74) is 0.235. The zero-order valence-electron chi connectivity index (χ0n) is 20.5. The molecule has 2 unspecified atom stereocenters. The van der Waals surface area contributed by atoms with E-state index in [1.54, 1.807) is 36.4 Å². The highest BCUT2D eigenvalue weighted by Gasteiger charge is 2.56. The van der Waals surface area contributed by atoms with E-state index in [2.05, 4.69) is 5.32 Å². The minimum atomic E-state index is -1.77. The maximum absolute atomic E-state index is 13.9. The van der Waals surface area contributed by atoms with Crippen molar-refractivity contribution < 1.29 is 24.2 Å². The molecule has 0 aliphatic heterocycles. The molecule has 1 amide bonds. The van der Waals surface area contributed by atoms with Crippen LogP contribution in [-0.2, 0) is 15.1 Å². The monoisotopic (exact) mass is 465 g/mol. The molecule has 182 valence electrons. The molecular formula is C28H35NO5. The van der Waals surface area contributed by atoms with E-state index in [0.29, 0.717) is 29.5 Å². The van der Waals surface area contributed by atoms with Gasteiger partial charge in [-0.3, -0.25) is 14.4 Å². The molecule has 2 atom stereocenters. The lowest BCUT2D eigenvalue weighted by atomic mass is 9.81. The van der Waals surface area contributed by atoms with Gasteiger partial charge in [0.2, 0.25) is 5.91 Å². The molecule has 0 saturated heterocycles. The van der Waals surface area contributed by atoms with Gasteiger partial charge >= 0.3 is 5.97 Å². The van der Waals surface area contributed by atoms with E-state index in [4.69, 9.17) is 4.74 Å². The van der Waals surface area contributed by atoms with Crippen molar-refractivity contribution in [3.05, 3.63) is 64.7 Å². The Morgan fingerprint density at radius 2 is 1.74 bits per heavy atom. The SMILES string of the molecule is CCCCC(=O)NC1(c2ccc(C(C)C)cc2OC(=O)CCCC)C(=O)c2ccccc2C1O. The average Bonchev–Trinajstić information content (AvgIpc) is 3.03. The number of esters is 1. The largest absolute Gasteiger partial charge is 0.426 e. The second-order valence-corrected chi connectivity index (χ2v) is 9.27. The minimum absolute atomic E-state index is 0.152.